The predicted octanol–water partition coefficient (Wildman–Crippen LogP) is 1.66. The van der Waals surface area contributed by atoms with Crippen molar-refractivity contribution in [3.05, 3.63) is 47.5 Å². The van der Waals surface area contributed by atoms with Gasteiger partial charge in [-0.25, -0.2) is 4.98 Å². The highest BCUT2D eigenvalue weighted by molar-refractivity contribution is 5.92. The second-order valence-electron chi connectivity index (χ2n) is 3.91. The van der Waals surface area contributed by atoms with E-state index in [0.29, 0.717) is 12.2 Å². The number of nitrogens with zero attached hydrogens (tertiary/aromatic N) is 1. The second-order valence-corrected chi connectivity index (χ2v) is 3.91. The zero-order chi connectivity index (χ0) is 13.0. The summed E-state index contributed by atoms with van der Waals surface area (Å²) in [6.45, 7) is 2.28. The van der Waals surface area contributed by atoms with Gasteiger partial charge in [-0.3, -0.25) is 4.79 Å². The molecular formula is C13H15N3O2. The molecule has 2 rings (SSSR count). The van der Waals surface area contributed by atoms with Crippen LogP contribution in [0.4, 0.5) is 0 Å². The summed E-state index contributed by atoms with van der Waals surface area (Å²) in [6, 6.07) is 7.55. The van der Waals surface area contributed by atoms with Gasteiger partial charge >= 0.3 is 0 Å². The molecule has 1 amide bonds. The fraction of sp³-hybridized carbons (Fsp3) is 0.231. The van der Waals surface area contributed by atoms with Gasteiger partial charge in [-0.1, -0.05) is 12.1 Å². The van der Waals surface area contributed by atoms with Crippen LogP contribution in [-0.4, -0.2) is 23.0 Å². The zero-order valence-electron chi connectivity index (χ0n) is 10.4. The molecule has 0 atom stereocenters. The molecule has 94 valence electrons. The number of ether oxygens (including phenoxy) is 1. The Balaban J connectivity index is 1.92. The number of aromatic nitrogens is 2. The maximum Gasteiger partial charge on any atom is 0.269 e. The van der Waals surface area contributed by atoms with Crippen LogP contribution in [0, 0.1) is 6.92 Å². The van der Waals surface area contributed by atoms with Gasteiger partial charge in [0.05, 0.1) is 13.3 Å². The summed E-state index contributed by atoms with van der Waals surface area (Å²) in [5.41, 5.74) is 1.49. The molecule has 0 bridgehead atoms. The largest absolute Gasteiger partial charge is 0.497 e. The van der Waals surface area contributed by atoms with E-state index in [2.05, 4.69) is 15.3 Å². The quantitative estimate of drug-likeness (QED) is 0.860. The highest BCUT2D eigenvalue weighted by Gasteiger charge is 2.07. The third-order valence-corrected chi connectivity index (χ3v) is 2.56. The third-order valence-electron chi connectivity index (χ3n) is 2.56. The van der Waals surface area contributed by atoms with Crippen molar-refractivity contribution in [2.45, 2.75) is 13.5 Å². The molecule has 1 aromatic heterocycles. The molecule has 2 aromatic rings. The molecular weight excluding hydrogens is 230 g/mol. The highest BCUT2D eigenvalue weighted by Crippen LogP contribution is 2.11. The van der Waals surface area contributed by atoms with Crippen molar-refractivity contribution >= 4 is 5.91 Å². The van der Waals surface area contributed by atoms with Crippen LogP contribution >= 0.6 is 0 Å². The lowest BCUT2D eigenvalue weighted by atomic mass is 10.2. The molecule has 18 heavy (non-hydrogen) atoms. The molecule has 0 saturated carbocycles. The molecule has 0 aliphatic carbocycles. The van der Waals surface area contributed by atoms with Crippen LogP contribution in [0.5, 0.6) is 5.75 Å². The molecule has 0 aliphatic heterocycles. The molecule has 0 saturated heterocycles. The van der Waals surface area contributed by atoms with Gasteiger partial charge < -0.3 is 15.0 Å². The number of carbonyl (C=O) groups is 1. The van der Waals surface area contributed by atoms with Crippen molar-refractivity contribution in [3.63, 3.8) is 0 Å². The van der Waals surface area contributed by atoms with Crippen LogP contribution in [0.25, 0.3) is 0 Å². The Labute approximate surface area is 105 Å². The molecule has 0 unspecified atom stereocenters. The van der Waals surface area contributed by atoms with Crippen molar-refractivity contribution < 1.29 is 9.53 Å². The number of nitrogens with one attached hydrogen (secondary N) is 2. The number of amides is 1. The summed E-state index contributed by atoms with van der Waals surface area (Å²) < 4.78 is 5.07. The number of aryl methyl sites for hydroxylation is 1. The van der Waals surface area contributed by atoms with E-state index < -0.39 is 0 Å². The molecule has 5 heteroatoms. The Bertz CT molecular complexity index is 531. The number of aromatic amines is 1. The molecule has 5 nitrogen and oxygen atoms in total. The van der Waals surface area contributed by atoms with Gasteiger partial charge in [0.2, 0.25) is 0 Å². The molecule has 1 aromatic carbocycles. The van der Waals surface area contributed by atoms with Gasteiger partial charge in [0.15, 0.2) is 0 Å². The van der Waals surface area contributed by atoms with Gasteiger partial charge in [0.25, 0.3) is 5.91 Å². The van der Waals surface area contributed by atoms with Crippen molar-refractivity contribution in [1.82, 2.24) is 15.3 Å². The Kier molecular flexibility index (Phi) is 3.62. The Morgan fingerprint density at radius 1 is 1.39 bits per heavy atom. The minimum atomic E-state index is -0.161. The molecule has 0 spiro atoms. The van der Waals surface area contributed by atoms with Crippen LogP contribution in [-0.2, 0) is 6.54 Å². The number of rotatable bonds is 4. The summed E-state index contributed by atoms with van der Waals surface area (Å²) >= 11 is 0. The Hall–Kier alpha value is -2.30. The van der Waals surface area contributed by atoms with Crippen LogP contribution in [0.3, 0.4) is 0 Å². The van der Waals surface area contributed by atoms with E-state index in [4.69, 9.17) is 4.74 Å². The highest BCUT2D eigenvalue weighted by atomic mass is 16.5. The number of carbonyl (C=O) groups excluding carboxylic acids is 1. The summed E-state index contributed by atoms with van der Waals surface area (Å²) in [4.78, 5) is 18.6. The topological polar surface area (TPSA) is 67.0 Å². The van der Waals surface area contributed by atoms with Crippen LogP contribution in [0.2, 0.25) is 0 Å². The van der Waals surface area contributed by atoms with E-state index in [0.717, 1.165) is 17.1 Å². The number of H-pyrrole nitrogens is 1. The lowest BCUT2D eigenvalue weighted by molar-refractivity contribution is 0.0946. The van der Waals surface area contributed by atoms with E-state index >= 15 is 0 Å². The number of hydrogen-bond donors (Lipinski definition) is 2. The minimum Gasteiger partial charge on any atom is -0.497 e. The maximum absolute atomic E-state index is 11.7. The zero-order valence-corrected chi connectivity index (χ0v) is 10.4. The van der Waals surface area contributed by atoms with Gasteiger partial charge in [0.1, 0.15) is 17.3 Å². The van der Waals surface area contributed by atoms with Gasteiger partial charge in [-0.05, 0) is 24.6 Å². The van der Waals surface area contributed by atoms with Crippen molar-refractivity contribution in [3.8, 4) is 5.75 Å². The van der Waals surface area contributed by atoms with Gasteiger partial charge in [-0.2, -0.15) is 0 Å². The summed E-state index contributed by atoms with van der Waals surface area (Å²) in [7, 11) is 1.62. The average molecular weight is 245 g/mol. The fourth-order valence-electron chi connectivity index (χ4n) is 1.56. The Morgan fingerprint density at radius 2 is 2.11 bits per heavy atom. The number of benzene rings is 1. The first kappa shape index (κ1) is 12.2. The first-order valence-corrected chi connectivity index (χ1v) is 5.62. The summed E-state index contributed by atoms with van der Waals surface area (Å²) in [5.74, 6) is 1.37. The molecule has 2 N–H and O–H groups in total. The molecule has 0 aliphatic rings. The lowest BCUT2D eigenvalue weighted by Crippen LogP contribution is -2.23. The smallest absolute Gasteiger partial charge is 0.269 e. The first-order valence-electron chi connectivity index (χ1n) is 5.62. The SMILES string of the molecule is COc1ccc(CNC(=O)c2cnc(C)[nH]2)cc1. The standard InChI is InChI=1S/C13H15N3O2/c1-9-14-8-12(16-9)13(17)15-7-10-3-5-11(18-2)6-4-10/h3-6,8H,7H2,1-2H3,(H,14,16)(H,15,17). The maximum atomic E-state index is 11.7. The average Bonchev–Trinajstić information content (AvgIpc) is 2.83. The third kappa shape index (κ3) is 2.88. The van der Waals surface area contributed by atoms with E-state index in [1.807, 2.05) is 24.3 Å². The van der Waals surface area contributed by atoms with Crippen LogP contribution < -0.4 is 10.1 Å². The van der Waals surface area contributed by atoms with E-state index in [-0.39, 0.29) is 5.91 Å². The number of hydrogen-bond acceptors (Lipinski definition) is 3. The lowest BCUT2D eigenvalue weighted by Gasteiger charge is -2.05. The monoisotopic (exact) mass is 245 g/mol. The fourth-order valence-corrected chi connectivity index (χ4v) is 1.56. The van der Waals surface area contributed by atoms with E-state index in [9.17, 15) is 4.79 Å². The number of methoxy groups -OCH3 is 1. The van der Waals surface area contributed by atoms with Gasteiger partial charge in [-0.15, -0.1) is 0 Å². The molecule has 0 fully saturated rings. The molecule has 1 heterocycles. The van der Waals surface area contributed by atoms with E-state index in [1.54, 1.807) is 14.0 Å². The molecule has 0 radical (unpaired) electrons. The number of imidazole rings is 1. The summed E-state index contributed by atoms with van der Waals surface area (Å²) in [5, 5.41) is 2.82. The van der Waals surface area contributed by atoms with Crippen molar-refractivity contribution in [2.75, 3.05) is 7.11 Å². The van der Waals surface area contributed by atoms with E-state index in [1.165, 1.54) is 6.20 Å². The van der Waals surface area contributed by atoms with Gasteiger partial charge in [0, 0.05) is 6.54 Å². The Morgan fingerprint density at radius 3 is 2.67 bits per heavy atom. The first-order chi connectivity index (χ1) is 8.69. The van der Waals surface area contributed by atoms with Crippen LogP contribution in [0.15, 0.2) is 30.5 Å². The second kappa shape index (κ2) is 5.35. The normalized spacial score (nSPS) is 10.1. The minimum absolute atomic E-state index is 0.161. The van der Waals surface area contributed by atoms with Crippen LogP contribution in [0.1, 0.15) is 21.9 Å². The van der Waals surface area contributed by atoms with Crippen molar-refractivity contribution in [2.24, 2.45) is 0 Å². The summed E-state index contributed by atoms with van der Waals surface area (Å²) in [6.07, 6.45) is 1.53. The predicted molar refractivity (Wildman–Crippen MR) is 67.5 cm³/mol. The van der Waals surface area contributed by atoms with Crippen molar-refractivity contribution in [1.29, 1.82) is 0 Å².